The summed E-state index contributed by atoms with van der Waals surface area (Å²) < 4.78 is 5.34. The van der Waals surface area contributed by atoms with E-state index in [0.717, 1.165) is 24.7 Å². The monoisotopic (exact) mass is 209 g/mol. The first-order valence-electron chi connectivity index (χ1n) is 5.71. The van der Waals surface area contributed by atoms with Crippen LogP contribution in [0.2, 0.25) is 0 Å². The Balaban J connectivity index is 2.20. The molecule has 0 spiro atoms. The zero-order chi connectivity index (χ0) is 10.9. The first kappa shape index (κ1) is 10.6. The van der Waals surface area contributed by atoms with Gasteiger partial charge in [0.15, 0.2) is 5.82 Å². The fourth-order valence-corrected chi connectivity index (χ4v) is 1.93. The van der Waals surface area contributed by atoms with Gasteiger partial charge < -0.3 is 9.84 Å². The molecule has 1 N–H and O–H groups in total. The van der Waals surface area contributed by atoms with E-state index in [4.69, 9.17) is 4.52 Å². The van der Waals surface area contributed by atoms with Crippen LogP contribution in [0.15, 0.2) is 4.52 Å². The predicted molar refractivity (Wildman–Crippen MR) is 57.6 cm³/mol. The summed E-state index contributed by atoms with van der Waals surface area (Å²) in [4.78, 5) is 4.46. The Hall–Kier alpha value is -0.900. The lowest BCUT2D eigenvalue weighted by atomic mass is 9.91. The molecule has 1 aliphatic rings. The molecule has 84 valence electrons. The van der Waals surface area contributed by atoms with Crippen molar-refractivity contribution in [3.63, 3.8) is 0 Å². The molecule has 1 aromatic rings. The van der Waals surface area contributed by atoms with E-state index in [9.17, 15) is 0 Å². The second-order valence-electron chi connectivity index (χ2n) is 4.83. The number of nitrogens with one attached hydrogen (secondary N) is 1. The summed E-state index contributed by atoms with van der Waals surface area (Å²) >= 11 is 0. The van der Waals surface area contributed by atoms with Gasteiger partial charge in [-0.1, -0.05) is 19.0 Å². The number of rotatable bonds is 2. The summed E-state index contributed by atoms with van der Waals surface area (Å²) in [6, 6.07) is 0. The minimum absolute atomic E-state index is 0.113. The largest absolute Gasteiger partial charge is 0.337 e. The number of aromatic nitrogens is 2. The van der Waals surface area contributed by atoms with Crippen molar-refractivity contribution in [3.05, 3.63) is 11.7 Å². The van der Waals surface area contributed by atoms with Gasteiger partial charge in [-0.15, -0.1) is 0 Å². The fourth-order valence-electron chi connectivity index (χ4n) is 1.93. The quantitative estimate of drug-likeness (QED) is 0.811. The maximum Gasteiger partial charge on any atom is 0.246 e. The Kier molecular flexibility index (Phi) is 2.78. The highest BCUT2D eigenvalue weighted by Crippen LogP contribution is 2.29. The molecule has 2 rings (SSSR count). The number of piperidine rings is 1. The van der Waals surface area contributed by atoms with Gasteiger partial charge in [0.05, 0.1) is 5.54 Å². The van der Waals surface area contributed by atoms with Crippen LogP contribution in [-0.2, 0) is 5.54 Å². The van der Waals surface area contributed by atoms with E-state index in [1.807, 2.05) is 0 Å². The third kappa shape index (κ3) is 2.04. The molecule has 1 unspecified atom stereocenters. The molecule has 0 aliphatic carbocycles. The van der Waals surface area contributed by atoms with Gasteiger partial charge >= 0.3 is 0 Å². The Bertz CT molecular complexity index is 326. The van der Waals surface area contributed by atoms with Gasteiger partial charge in [0.25, 0.3) is 0 Å². The van der Waals surface area contributed by atoms with E-state index in [0.29, 0.717) is 5.92 Å². The molecule has 0 bridgehead atoms. The molecular formula is C11H19N3O. The average molecular weight is 209 g/mol. The Labute approximate surface area is 90.4 Å². The van der Waals surface area contributed by atoms with Gasteiger partial charge in [0.1, 0.15) is 0 Å². The smallest absolute Gasteiger partial charge is 0.246 e. The predicted octanol–water partition coefficient (Wildman–Crippen LogP) is 2.18. The zero-order valence-corrected chi connectivity index (χ0v) is 9.71. The van der Waals surface area contributed by atoms with Gasteiger partial charge in [-0.25, -0.2) is 0 Å². The van der Waals surface area contributed by atoms with E-state index in [1.165, 1.54) is 12.8 Å². The molecule has 1 atom stereocenters. The molecule has 4 heteroatoms. The molecule has 0 saturated carbocycles. The SMILES string of the molecule is CC(C)c1noc(C2(C)CCCCN2)n1. The van der Waals surface area contributed by atoms with E-state index in [2.05, 4.69) is 36.2 Å². The van der Waals surface area contributed by atoms with Gasteiger partial charge in [-0.3, -0.25) is 0 Å². The molecule has 1 aliphatic heterocycles. The van der Waals surface area contributed by atoms with Crippen LogP contribution in [0.4, 0.5) is 0 Å². The van der Waals surface area contributed by atoms with Gasteiger partial charge in [-0.05, 0) is 32.7 Å². The summed E-state index contributed by atoms with van der Waals surface area (Å²) in [5.41, 5.74) is -0.113. The lowest BCUT2D eigenvalue weighted by Gasteiger charge is -2.31. The lowest BCUT2D eigenvalue weighted by molar-refractivity contribution is 0.206. The van der Waals surface area contributed by atoms with Crippen LogP contribution in [0.1, 0.15) is 57.7 Å². The second kappa shape index (κ2) is 3.93. The topological polar surface area (TPSA) is 51.0 Å². The third-order valence-electron chi connectivity index (χ3n) is 3.05. The van der Waals surface area contributed by atoms with E-state index >= 15 is 0 Å². The van der Waals surface area contributed by atoms with Crippen molar-refractivity contribution in [1.29, 1.82) is 0 Å². The lowest BCUT2D eigenvalue weighted by Crippen LogP contribution is -2.43. The average Bonchev–Trinajstić information content (AvgIpc) is 2.68. The highest BCUT2D eigenvalue weighted by molar-refractivity contribution is 5.04. The van der Waals surface area contributed by atoms with Crippen molar-refractivity contribution >= 4 is 0 Å². The first-order chi connectivity index (χ1) is 7.12. The maximum atomic E-state index is 5.34. The maximum absolute atomic E-state index is 5.34. The van der Waals surface area contributed by atoms with Crippen LogP contribution < -0.4 is 5.32 Å². The van der Waals surface area contributed by atoms with Crippen LogP contribution in [-0.4, -0.2) is 16.7 Å². The zero-order valence-electron chi connectivity index (χ0n) is 9.71. The first-order valence-corrected chi connectivity index (χ1v) is 5.71. The summed E-state index contributed by atoms with van der Waals surface area (Å²) in [6.45, 7) is 7.33. The standard InChI is InChI=1S/C11H19N3O/c1-8(2)9-13-10(15-14-9)11(3)6-4-5-7-12-11/h8,12H,4-7H2,1-3H3. The van der Waals surface area contributed by atoms with E-state index in [1.54, 1.807) is 0 Å². The fraction of sp³-hybridized carbons (Fsp3) is 0.818. The highest BCUT2D eigenvalue weighted by atomic mass is 16.5. The van der Waals surface area contributed by atoms with Crippen molar-refractivity contribution in [2.75, 3.05) is 6.54 Å². The molecule has 1 aromatic heterocycles. The summed E-state index contributed by atoms with van der Waals surface area (Å²) in [7, 11) is 0. The summed E-state index contributed by atoms with van der Waals surface area (Å²) in [5.74, 6) is 1.87. The molecule has 1 fully saturated rings. The van der Waals surface area contributed by atoms with Crippen LogP contribution in [0.5, 0.6) is 0 Å². The van der Waals surface area contributed by atoms with E-state index < -0.39 is 0 Å². The molecule has 0 amide bonds. The molecular weight excluding hydrogens is 190 g/mol. The molecule has 0 radical (unpaired) electrons. The summed E-state index contributed by atoms with van der Waals surface area (Å²) in [5, 5.41) is 7.48. The van der Waals surface area contributed by atoms with Gasteiger partial charge in [-0.2, -0.15) is 4.98 Å². The third-order valence-corrected chi connectivity index (χ3v) is 3.05. The highest BCUT2D eigenvalue weighted by Gasteiger charge is 2.34. The van der Waals surface area contributed by atoms with E-state index in [-0.39, 0.29) is 5.54 Å². The number of nitrogens with zero attached hydrogens (tertiary/aromatic N) is 2. The Morgan fingerprint density at radius 1 is 1.40 bits per heavy atom. The van der Waals surface area contributed by atoms with Crippen LogP contribution in [0, 0.1) is 0 Å². The molecule has 0 aromatic carbocycles. The summed E-state index contributed by atoms with van der Waals surface area (Å²) in [6.07, 6.45) is 3.54. The second-order valence-corrected chi connectivity index (χ2v) is 4.83. The minimum atomic E-state index is -0.113. The Morgan fingerprint density at radius 2 is 2.20 bits per heavy atom. The number of hydrogen-bond donors (Lipinski definition) is 1. The van der Waals surface area contributed by atoms with Crippen molar-refractivity contribution < 1.29 is 4.52 Å². The van der Waals surface area contributed by atoms with Gasteiger partial charge in [0.2, 0.25) is 5.89 Å². The van der Waals surface area contributed by atoms with Crippen molar-refractivity contribution in [3.8, 4) is 0 Å². The van der Waals surface area contributed by atoms with Crippen molar-refractivity contribution in [2.45, 2.75) is 51.5 Å². The van der Waals surface area contributed by atoms with Crippen LogP contribution in [0.3, 0.4) is 0 Å². The van der Waals surface area contributed by atoms with Gasteiger partial charge in [0, 0.05) is 5.92 Å². The van der Waals surface area contributed by atoms with Crippen LogP contribution >= 0.6 is 0 Å². The Morgan fingerprint density at radius 3 is 2.73 bits per heavy atom. The molecule has 1 saturated heterocycles. The van der Waals surface area contributed by atoms with Crippen molar-refractivity contribution in [1.82, 2.24) is 15.5 Å². The minimum Gasteiger partial charge on any atom is -0.337 e. The normalized spacial score (nSPS) is 27.2. The molecule has 15 heavy (non-hydrogen) atoms. The number of hydrogen-bond acceptors (Lipinski definition) is 4. The molecule has 4 nitrogen and oxygen atoms in total. The van der Waals surface area contributed by atoms with Crippen molar-refractivity contribution in [2.24, 2.45) is 0 Å². The molecule has 2 heterocycles. The van der Waals surface area contributed by atoms with Crippen LogP contribution in [0.25, 0.3) is 0 Å².